The molecule has 6 heteroatoms. The summed E-state index contributed by atoms with van der Waals surface area (Å²) in [5.41, 5.74) is 1.44. The minimum Gasteiger partial charge on any atom is -0.338 e. The van der Waals surface area contributed by atoms with Crippen LogP contribution in [0.25, 0.3) is 0 Å². The third kappa shape index (κ3) is 4.12. The lowest BCUT2D eigenvalue weighted by Gasteiger charge is -2.32. The smallest absolute Gasteiger partial charge is 0.321 e. The van der Waals surface area contributed by atoms with E-state index in [9.17, 15) is 9.59 Å². The minimum atomic E-state index is -0.362. The van der Waals surface area contributed by atoms with E-state index in [0.29, 0.717) is 25.0 Å². The molecular weight excluding hydrogens is 310 g/mol. The first-order valence-corrected chi connectivity index (χ1v) is 9.55. The quantitative estimate of drug-likeness (QED) is 0.685. The van der Waals surface area contributed by atoms with Crippen molar-refractivity contribution in [3.05, 3.63) is 21.9 Å². The Morgan fingerprint density at radius 2 is 2.22 bits per heavy atom. The maximum absolute atomic E-state index is 12.2. The van der Waals surface area contributed by atoms with Gasteiger partial charge in [-0.3, -0.25) is 10.1 Å². The molecule has 1 saturated carbocycles. The Morgan fingerprint density at radius 1 is 1.39 bits per heavy atom. The molecule has 126 valence electrons. The zero-order chi connectivity index (χ0) is 16.2. The van der Waals surface area contributed by atoms with Crippen molar-refractivity contribution >= 4 is 23.3 Å². The highest BCUT2D eigenvalue weighted by molar-refractivity contribution is 7.10. The number of unbranched alkanes of at least 4 members (excludes halogenated alkanes) is 1. The molecule has 2 atom stereocenters. The second-order valence-corrected chi connectivity index (χ2v) is 7.61. The monoisotopic (exact) mass is 336 g/mol. The Balaban J connectivity index is 1.55. The Kier molecular flexibility index (Phi) is 5.33. The number of nitrogens with one attached hydrogen (secondary N) is 3. The van der Waals surface area contributed by atoms with Gasteiger partial charge in [-0.25, -0.2) is 4.79 Å². The summed E-state index contributed by atoms with van der Waals surface area (Å²) < 4.78 is 0. The molecule has 1 aromatic rings. The summed E-state index contributed by atoms with van der Waals surface area (Å²) in [4.78, 5) is 26.7. The van der Waals surface area contributed by atoms with Crippen LogP contribution < -0.4 is 15.5 Å². The van der Waals surface area contributed by atoms with Crippen molar-refractivity contribution < 1.29 is 14.5 Å². The van der Waals surface area contributed by atoms with Gasteiger partial charge in [-0.15, -0.1) is 11.3 Å². The van der Waals surface area contributed by atoms with Gasteiger partial charge in [0.2, 0.25) is 0 Å². The van der Waals surface area contributed by atoms with E-state index in [1.165, 1.54) is 28.2 Å². The van der Waals surface area contributed by atoms with Gasteiger partial charge in [-0.1, -0.05) is 13.3 Å². The van der Waals surface area contributed by atoms with Crippen LogP contribution in [0.15, 0.2) is 11.4 Å². The van der Waals surface area contributed by atoms with Crippen molar-refractivity contribution in [2.75, 3.05) is 19.6 Å². The molecule has 1 unspecified atom stereocenters. The highest BCUT2D eigenvalue weighted by Crippen LogP contribution is 2.42. The zero-order valence-electron chi connectivity index (χ0n) is 13.7. The summed E-state index contributed by atoms with van der Waals surface area (Å²) in [5.74, 6) is 0.545. The van der Waals surface area contributed by atoms with Crippen LogP contribution >= 0.6 is 11.3 Å². The van der Waals surface area contributed by atoms with Crippen molar-refractivity contribution in [1.82, 2.24) is 10.6 Å². The lowest BCUT2D eigenvalue weighted by molar-refractivity contribution is -0.928. The first-order valence-electron chi connectivity index (χ1n) is 8.67. The number of hydrogen-bond donors (Lipinski definition) is 3. The summed E-state index contributed by atoms with van der Waals surface area (Å²) in [6.45, 7) is 4.06. The first kappa shape index (κ1) is 16.5. The summed E-state index contributed by atoms with van der Waals surface area (Å²) in [7, 11) is 0. The third-order valence-corrected chi connectivity index (χ3v) is 5.77. The average Bonchev–Trinajstić information content (AvgIpc) is 3.23. The Morgan fingerprint density at radius 3 is 2.96 bits per heavy atom. The number of rotatable bonds is 6. The molecule has 0 saturated heterocycles. The average molecular weight is 336 g/mol. The molecule has 3 rings (SSSR count). The number of hydrogen-bond acceptors (Lipinski definition) is 3. The molecule has 3 N–H and O–H groups in total. The molecule has 0 spiro atoms. The van der Waals surface area contributed by atoms with Crippen LogP contribution in [-0.2, 0) is 11.2 Å². The molecule has 1 aromatic heterocycles. The summed E-state index contributed by atoms with van der Waals surface area (Å²) >= 11 is 1.84. The predicted octanol–water partition coefficient (Wildman–Crippen LogP) is 1.27. The first-order chi connectivity index (χ1) is 11.2. The second-order valence-electron chi connectivity index (χ2n) is 6.61. The minimum absolute atomic E-state index is 0.168. The molecule has 0 radical (unpaired) electrons. The van der Waals surface area contributed by atoms with Gasteiger partial charge in [0, 0.05) is 29.3 Å². The number of amides is 3. The van der Waals surface area contributed by atoms with E-state index in [-0.39, 0.29) is 11.9 Å². The van der Waals surface area contributed by atoms with Gasteiger partial charge in [0.15, 0.2) is 6.54 Å². The van der Waals surface area contributed by atoms with E-state index in [2.05, 4.69) is 29.0 Å². The molecule has 0 aromatic carbocycles. The van der Waals surface area contributed by atoms with Crippen molar-refractivity contribution in [1.29, 1.82) is 0 Å². The number of imide groups is 1. The molecule has 1 aliphatic carbocycles. The van der Waals surface area contributed by atoms with E-state index in [4.69, 9.17) is 0 Å². The molecule has 2 heterocycles. The van der Waals surface area contributed by atoms with Crippen LogP contribution in [0.1, 0.15) is 49.1 Å². The van der Waals surface area contributed by atoms with Gasteiger partial charge >= 0.3 is 6.03 Å². The molecule has 3 amide bonds. The highest BCUT2D eigenvalue weighted by atomic mass is 32.1. The van der Waals surface area contributed by atoms with Crippen LogP contribution in [0.3, 0.4) is 0 Å². The van der Waals surface area contributed by atoms with Gasteiger partial charge in [0.1, 0.15) is 6.04 Å². The van der Waals surface area contributed by atoms with Crippen LogP contribution in [0.5, 0.6) is 0 Å². The number of quaternary nitrogens is 1. The maximum atomic E-state index is 12.2. The molecule has 1 aliphatic heterocycles. The van der Waals surface area contributed by atoms with Gasteiger partial charge in [-0.2, -0.15) is 0 Å². The Bertz CT molecular complexity index is 568. The molecule has 23 heavy (non-hydrogen) atoms. The topological polar surface area (TPSA) is 62.6 Å². The Labute approximate surface area is 141 Å². The highest BCUT2D eigenvalue weighted by Gasteiger charge is 2.43. The zero-order valence-corrected chi connectivity index (χ0v) is 14.5. The normalized spacial score (nSPS) is 23.2. The second kappa shape index (κ2) is 7.45. The number of carbonyl (C=O) groups is 2. The molecular formula is C17H26N3O2S+. The van der Waals surface area contributed by atoms with Crippen molar-refractivity contribution in [2.24, 2.45) is 5.92 Å². The van der Waals surface area contributed by atoms with E-state index in [1.807, 2.05) is 11.3 Å². The van der Waals surface area contributed by atoms with Crippen LogP contribution in [0.2, 0.25) is 0 Å². The van der Waals surface area contributed by atoms with Gasteiger partial charge in [-0.05, 0) is 30.7 Å². The van der Waals surface area contributed by atoms with Crippen LogP contribution in [-0.4, -0.2) is 31.6 Å². The van der Waals surface area contributed by atoms with Crippen LogP contribution in [0, 0.1) is 5.92 Å². The fourth-order valence-electron chi connectivity index (χ4n) is 3.50. The van der Waals surface area contributed by atoms with Gasteiger partial charge in [0.25, 0.3) is 5.91 Å². The van der Waals surface area contributed by atoms with Gasteiger partial charge < -0.3 is 10.2 Å². The standard InChI is InChI=1S/C17H25N3O2S/c1-2-3-8-18-17(22)19-15(21)11-20-9-6-14-13(7-10-23-14)16(20)12-4-5-12/h7,10,12,16H,2-6,8-9,11H2,1H3,(H2,18,19,21,22)/p+1/t16-/m0/s1. The summed E-state index contributed by atoms with van der Waals surface area (Å²) in [6.07, 6.45) is 5.54. The summed E-state index contributed by atoms with van der Waals surface area (Å²) in [6, 6.07) is 2.32. The molecule has 1 fully saturated rings. The lowest BCUT2D eigenvalue weighted by atomic mass is 9.96. The van der Waals surface area contributed by atoms with E-state index >= 15 is 0 Å². The predicted molar refractivity (Wildman–Crippen MR) is 90.6 cm³/mol. The number of thiophene rings is 1. The van der Waals surface area contributed by atoms with E-state index in [1.54, 1.807) is 0 Å². The largest absolute Gasteiger partial charge is 0.338 e. The van der Waals surface area contributed by atoms with E-state index < -0.39 is 0 Å². The SMILES string of the molecule is CCCCNC(=O)NC(=O)C[NH+]1CCc2sccc2[C@@H]1C1CC1. The van der Waals surface area contributed by atoms with Crippen LogP contribution in [0.4, 0.5) is 4.79 Å². The van der Waals surface area contributed by atoms with E-state index in [0.717, 1.165) is 25.8 Å². The number of carbonyl (C=O) groups excluding carboxylic acids is 2. The van der Waals surface area contributed by atoms with Crippen molar-refractivity contribution in [3.63, 3.8) is 0 Å². The summed E-state index contributed by atoms with van der Waals surface area (Å²) in [5, 5.41) is 7.38. The van der Waals surface area contributed by atoms with Crippen molar-refractivity contribution in [2.45, 2.75) is 45.1 Å². The third-order valence-electron chi connectivity index (χ3n) is 4.78. The fourth-order valence-corrected chi connectivity index (χ4v) is 4.43. The molecule has 2 aliphatic rings. The van der Waals surface area contributed by atoms with Crippen molar-refractivity contribution in [3.8, 4) is 0 Å². The van der Waals surface area contributed by atoms with Gasteiger partial charge in [0.05, 0.1) is 6.54 Å². The molecule has 5 nitrogen and oxygen atoms in total. The Hall–Kier alpha value is -1.40. The number of fused-ring (bicyclic) bond motifs is 1. The maximum Gasteiger partial charge on any atom is 0.321 e. The fraction of sp³-hybridized carbons (Fsp3) is 0.647. The number of urea groups is 1. The molecule has 0 bridgehead atoms. The lowest BCUT2D eigenvalue weighted by Crippen LogP contribution is -3.14.